The zero-order valence-corrected chi connectivity index (χ0v) is 13.5. The third kappa shape index (κ3) is 3.39. The lowest BCUT2D eigenvalue weighted by atomic mass is 9.65. The molecule has 2 bridgehead atoms. The monoisotopic (exact) mass is 322 g/mol. The smallest absolute Gasteiger partial charge is 0.225 e. The summed E-state index contributed by atoms with van der Waals surface area (Å²) < 4.78 is 26.7. The fourth-order valence-corrected chi connectivity index (χ4v) is 4.29. The molecule has 2 aliphatic rings. The van der Waals surface area contributed by atoms with Gasteiger partial charge in [-0.1, -0.05) is 12.5 Å². The van der Waals surface area contributed by atoms with Crippen LogP contribution in [0.4, 0.5) is 8.78 Å². The van der Waals surface area contributed by atoms with Gasteiger partial charge in [0.2, 0.25) is 5.91 Å². The maximum absolute atomic E-state index is 13.8. The van der Waals surface area contributed by atoms with Crippen LogP contribution in [0.2, 0.25) is 0 Å². The average molecular weight is 322 g/mol. The molecule has 2 unspecified atom stereocenters. The molecule has 0 heterocycles. The lowest BCUT2D eigenvalue weighted by Gasteiger charge is -2.44. The van der Waals surface area contributed by atoms with E-state index >= 15 is 0 Å². The van der Waals surface area contributed by atoms with E-state index in [4.69, 9.17) is 5.73 Å². The van der Waals surface area contributed by atoms with Crippen LogP contribution in [0.3, 0.4) is 0 Å². The molecule has 23 heavy (non-hydrogen) atoms. The van der Waals surface area contributed by atoms with E-state index in [1.165, 1.54) is 18.6 Å². The van der Waals surface area contributed by atoms with Gasteiger partial charge in [0.15, 0.2) is 0 Å². The number of nitrogens with zero attached hydrogens (tertiary/aromatic N) is 1. The highest BCUT2D eigenvalue weighted by Gasteiger charge is 2.41. The predicted molar refractivity (Wildman–Crippen MR) is 84.4 cm³/mol. The van der Waals surface area contributed by atoms with Crippen molar-refractivity contribution in [2.45, 2.75) is 44.7 Å². The Morgan fingerprint density at radius 1 is 1.26 bits per heavy atom. The van der Waals surface area contributed by atoms with E-state index in [1.807, 2.05) is 0 Å². The molecule has 0 aromatic heterocycles. The first-order chi connectivity index (χ1) is 11.0. The van der Waals surface area contributed by atoms with Crippen LogP contribution in [-0.4, -0.2) is 23.9 Å². The zero-order valence-electron chi connectivity index (χ0n) is 13.5. The van der Waals surface area contributed by atoms with Gasteiger partial charge in [0.25, 0.3) is 0 Å². The lowest BCUT2D eigenvalue weighted by Crippen LogP contribution is -2.49. The van der Waals surface area contributed by atoms with Gasteiger partial charge in [-0.2, -0.15) is 0 Å². The van der Waals surface area contributed by atoms with E-state index in [2.05, 4.69) is 0 Å². The van der Waals surface area contributed by atoms with Gasteiger partial charge in [0.1, 0.15) is 11.6 Å². The topological polar surface area (TPSA) is 46.3 Å². The molecule has 0 aliphatic heterocycles. The summed E-state index contributed by atoms with van der Waals surface area (Å²) in [5.41, 5.74) is 6.61. The Balaban J connectivity index is 1.65. The number of nitrogens with two attached hydrogens (primary N) is 1. The molecule has 1 aromatic rings. The van der Waals surface area contributed by atoms with Crippen molar-refractivity contribution < 1.29 is 13.6 Å². The van der Waals surface area contributed by atoms with Crippen molar-refractivity contribution in [3.63, 3.8) is 0 Å². The summed E-state index contributed by atoms with van der Waals surface area (Å²) in [6, 6.07) is 3.71. The molecule has 5 heteroatoms. The summed E-state index contributed by atoms with van der Waals surface area (Å²) in [5, 5.41) is 0. The Kier molecular flexibility index (Phi) is 4.67. The molecular formula is C18H24F2N2O. The van der Waals surface area contributed by atoms with Gasteiger partial charge < -0.3 is 10.6 Å². The first-order valence-corrected chi connectivity index (χ1v) is 8.40. The summed E-state index contributed by atoms with van der Waals surface area (Å²) in [5.74, 6) is -0.294. The van der Waals surface area contributed by atoms with Crippen molar-refractivity contribution in [3.8, 4) is 0 Å². The van der Waals surface area contributed by atoms with Crippen LogP contribution >= 0.6 is 0 Å². The van der Waals surface area contributed by atoms with Crippen LogP contribution in [0, 0.1) is 29.4 Å². The molecule has 126 valence electrons. The largest absolute Gasteiger partial charge is 0.341 e. The van der Waals surface area contributed by atoms with Gasteiger partial charge in [0.05, 0.1) is 0 Å². The lowest BCUT2D eigenvalue weighted by molar-refractivity contribution is -0.137. The number of hydrogen-bond donors (Lipinski definition) is 1. The number of carbonyl (C=O) groups is 1. The number of hydrogen-bond acceptors (Lipinski definition) is 2. The van der Waals surface area contributed by atoms with E-state index in [1.54, 1.807) is 11.9 Å². The fraction of sp³-hybridized carbons (Fsp3) is 0.611. The summed E-state index contributed by atoms with van der Waals surface area (Å²) in [4.78, 5) is 14.3. The third-order valence-electron chi connectivity index (χ3n) is 5.56. The van der Waals surface area contributed by atoms with Crippen molar-refractivity contribution in [1.82, 2.24) is 4.90 Å². The molecule has 2 N–H and O–H groups in total. The normalized spacial score (nSPS) is 30.1. The van der Waals surface area contributed by atoms with E-state index in [-0.39, 0.29) is 24.4 Å². The molecule has 0 radical (unpaired) electrons. The molecule has 1 aromatic carbocycles. The van der Waals surface area contributed by atoms with Gasteiger partial charge in [-0.25, -0.2) is 8.78 Å². The highest BCUT2D eigenvalue weighted by Crippen LogP contribution is 2.42. The molecule has 3 rings (SSSR count). The molecular weight excluding hydrogens is 298 g/mol. The molecule has 2 saturated carbocycles. The first-order valence-electron chi connectivity index (χ1n) is 8.40. The Morgan fingerprint density at radius 2 is 1.91 bits per heavy atom. The highest BCUT2D eigenvalue weighted by atomic mass is 19.1. The number of benzene rings is 1. The second-order valence-corrected chi connectivity index (χ2v) is 7.13. The maximum Gasteiger partial charge on any atom is 0.225 e. The van der Waals surface area contributed by atoms with Gasteiger partial charge in [-0.3, -0.25) is 4.79 Å². The molecule has 3 nitrogen and oxygen atoms in total. The summed E-state index contributed by atoms with van der Waals surface area (Å²) in [6.45, 7) is 0.169. The number of rotatable bonds is 3. The fourth-order valence-electron chi connectivity index (χ4n) is 4.29. The molecule has 0 spiro atoms. The van der Waals surface area contributed by atoms with Gasteiger partial charge >= 0.3 is 0 Å². The number of carbonyl (C=O) groups excluding carboxylic acids is 1. The molecule has 1 amide bonds. The van der Waals surface area contributed by atoms with Crippen molar-refractivity contribution in [1.29, 1.82) is 0 Å². The van der Waals surface area contributed by atoms with Gasteiger partial charge in [-0.05, 0) is 43.6 Å². The average Bonchev–Trinajstić information content (AvgIpc) is 2.49. The van der Waals surface area contributed by atoms with Crippen molar-refractivity contribution in [3.05, 3.63) is 35.4 Å². The van der Waals surface area contributed by atoms with Crippen molar-refractivity contribution in [2.75, 3.05) is 7.05 Å². The SMILES string of the molecule is CN(Cc1ccc(F)cc1F)C(=O)C1CC2CCCC(C1)C2N. The summed E-state index contributed by atoms with van der Waals surface area (Å²) >= 11 is 0. The Labute approximate surface area is 135 Å². The number of amides is 1. The van der Waals surface area contributed by atoms with Crippen molar-refractivity contribution >= 4 is 5.91 Å². The van der Waals surface area contributed by atoms with E-state index in [0.29, 0.717) is 17.4 Å². The van der Waals surface area contributed by atoms with E-state index < -0.39 is 11.6 Å². The minimum Gasteiger partial charge on any atom is -0.341 e. The second kappa shape index (κ2) is 6.56. The van der Waals surface area contributed by atoms with E-state index in [0.717, 1.165) is 31.7 Å². The van der Waals surface area contributed by atoms with E-state index in [9.17, 15) is 13.6 Å². The second-order valence-electron chi connectivity index (χ2n) is 7.13. The minimum absolute atomic E-state index is 0.0152. The van der Waals surface area contributed by atoms with Crippen LogP contribution in [0.25, 0.3) is 0 Å². The maximum atomic E-state index is 13.8. The van der Waals surface area contributed by atoms with Gasteiger partial charge in [-0.15, -0.1) is 0 Å². The van der Waals surface area contributed by atoms with Crippen LogP contribution in [0.1, 0.15) is 37.7 Å². The summed E-state index contributed by atoms with van der Waals surface area (Å²) in [6.07, 6.45) is 5.11. The Hall–Kier alpha value is -1.49. The third-order valence-corrected chi connectivity index (χ3v) is 5.56. The Morgan fingerprint density at radius 3 is 2.52 bits per heavy atom. The van der Waals surface area contributed by atoms with Crippen molar-refractivity contribution in [2.24, 2.45) is 23.5 Å². The number of fused-ring (bicyclic) bond motifs is 2. The summed E-state index contributed by atoms with van der Waals surface area (Å²) in [7, 11) is 1.69. The number of halogens is 2. The highest BCUT2D eigenvalue weighted by molar-refractivity contribution is 5.78. The molecule has 2 atom stereocenters. The van der Waals surface area contributed by atoms with Crippen LogP contribution in [0.5, 0.6) is 0 Å². The van der Waals surface area contributed by atoms with Crippen LogP contribution in [-0.2, 0) is 11.3 Å². The van der Waals surface area contributed by atoms with Crippen LogP contribution in [0.15, 0.2) is 18.2 Å². The zero-order chi connectivity index (χ0) is 16.6. The molecule has 2 fully saturated rings. The molecule has 2 aliphatic carbocycles. The quantitative estimate of drug-likeness (QED) is 0.929. The first kappa shape index (κ1) is 16.4. The molecule has 0 saturated heterocycles. The predicted octanol–water partition coefficient (Wildman–Crippen LogP) is 3.08. The Bertz CT molecular complexity index is 578. The van der Waals surface area contributed by atoms with Gasteiger partial charge in [0, 0.05) is 37.2 Å². The minimum atomic E-state index is -0.604. The standard InChI is InChI=1S/C18H24F2N2O/c1-22(10-13-5-6-15(19)9-16(13)20)18(23)14-7-11-3-2-4-12(8-14)17(11)21/h5-6,9,11-12,14,17H,2-4,7-8,10,21H2,1H3. The van der Waals surface area contributed by atoms with Crippen LogP contribution < -0.4 is 5.73 Å².